The molecule has 0 aromatic carbocycles. The normalized spacial score (nSPS) is 17.9. The highest BCUT2D eigenvalue weighted by atomic mass is 19.1. The lowest BCUT2D eigenvalue weighted by atomic mass is 10.0. The van der Waals surface area contributed by atoms with Crippen LogP contribution in [0.2, 0.25) is 0 Å². The third-order valence-corrected chi connectivity index (χ3v) is 4.00. The molecule has 0 radical (unpaired) electrons. The molecule has 0 aromatic heterocycles. The van der Waals surface area contributed by atoms with Gasteiger partial charge in [-0.2, -0.15) is 0 Å². The second kappa shape index (κ2) is 10.1. The van der Waals surface area contributed by atoms with E-state index in [-0.39, 0.29) is 12.5 Å². The first kappa shape index (κ1) is 20.9. The van der Waals surface area contributed by atoms with Gasteiger partial charge in [0.2, 0.25) is 0 Å². The van der Waals surface area contributed by atoms with Crippen molar-refractivity contribution in [3.63, 3.8) is 0 Å². The van der Waals surface area contributed by atoms with Crippen LogP contribution >= 0.6 is 0 Å². The molecule has 7 N–H and O–H groups in total. The smallest absolute Gasteiger partial charge is 0.132 e. The molecule has 2 heterocycles. The molecule has 0 aliphatic carbocycles. The van der Waals surface area contributed by atoms with Gasteiger partial charge in [0.05, 0.1) is 17.9 Å². The minimum atomic E-state index is -0.514. The van der Waals surface area contributed by atoms with Gasteiger partial charge in [-0.25, -0.2) is 9.38 Å². The Balaban J connectivity index is 2.19. The largest absolute Gasteiger partial charge is 0.404 e. The molecule has 0 saturated heterocycles. The summed E-state index contributed by atoms with van der Waals surface area (Å²) in [7, 11) is 0. The monoisotopic (exact) mass is 383 g/mol. The lowest BCUT2D eigenvalue weighted by Gasteiger charge is -2.23. The highest BCUT2D eigenvalue weighted by molar-refractivity contribution is 5.97. The van der Waals surface area contributed by atoms with E-state index in [4.69, 9.17) is 16.9 Å². The Labute approximate surface area is 164 Å². The quantitative estimate of drug-likeness (QED) is 0.325. The van der Waals surface area contributed by atoms with Crippen molar-refractivity contribution in [1.82, 2.24) is 10.6 Å². The maximum absolute atomic E-state index is 12.2. The number of alkyl halides is 1. The number of nitrogens with zero attached hydrogens (tertiary/aromatic N) is 2. The van der Waals surface area contributed by atoms with Gasteiger partial charge in [-0.15, -0.1) is 0 Å². The first-order chi connectivity index (χ1) is 13.5. The summed E-state index contributed by atoms with van der Waals surface area (Å²) >= 11 is 0. The van der Waals surface area contributed by atoms with Gasteiger partial charge < -0.3 is 27.5 Å². The highest BCUT2D eigenvalue weighted by Crippen LogP contribution is 2.22. The second-order valence-electron chi connectivity index (χ2n) is 6.39. The fourth-order valence-electron chi connectivity index (χ4n) is 2.47. The molecular formula is C20H26FN7. The number of allylic oxidation sites excluding steroid dienone is 6. The molecule has 148 valence electrons. The van der Waals surface area contributed by atoms with E-state index in [1.807, 2.05) is 26.0 Å². The maximum Gasteiger partial charge on any atom is 0.132 e. The number of dihydropyridines is 2. The van der Waals surface area contributed by atoms with E-state index in [0.717, 1.165) is 22.5 Å². The van der Waals surface area contributed by atoms with E-state index in [1.165, 1.54) is 12.4 Å². The van der Waals surface area contributed by atoms with Crippen LogP contribution in [0.25, 0.3) is 0 Å². The van der Waals surface area contributed by atoms with Crippen molar-refractivity contribution in [3.05, 3.63) is 70.6 Å². The van der Waals surface area contributed by atoms with E-state index >= 15 is 0 Å². The van der Waals surface area contributed by atoms with Crippen molar-refractivity contribution in [2.75, 3.05) is 13.2 Å². The summed E-state index contributed by atoms with van der Waals surface area (Å²) in [6.45, 7) is 3.56. The number of hydrogen-bond acceptors (Lipinski definition) is 6. The van der Waals surface area contributed by atoms with Gasteiger partial charge in [-0.3, -0.25) is 4.99 Å². The predicted octanol–water partition coefficient (Wildman–Crippen LogP) is 2.16. The molecule has 0 fully saturated rings. The number of hydrogen-bond donors (Lipinski definition) is 5. The Hall–Kier alpha value is -3.42. The summed E-state index contributed by atoms with van der Waals surface area (Å²) in [6, 6.07) is 0. The first-order valence-electron chi connectivity index (χ1n) is 8.90. The summed E-state index contributed by atoms with van der Waals surface area (Å²) < 4.78 is 12.2. The van der Waals surface area contributed by atoms with Crippen molar-refractivity contribution in [2.45, 2.75) is 13.8 Å². The molecule has 7 nitrogen and oxygen atoms in total. The van der Waals surface area contributed by atoms with Gasteiger partial charge in [0.1, 0.15) is 18.3 Å². The Bertz CT molecular complexity index is 852. The molecule has 0 unspecified atom stereocenters. The van der Waals surface area contributed by atoms with Gasteiger partial charge in [0, 0.05) is 36.0 Å². The number of rotatable bonds is 8. The first-order valence-corrected chi connectivity index (χ1v) is 8.90. The standard InChI is InChI=1S/C20H26FN7/c1-13(2)14(9-22)8-19(24)28-20-4-3-17-18(27-20)7-15(12-26-17)16(10-23)11-25-6-5-21/h3-4,7-13,22,26-27H,5-6,23H2,1-2H3,(H2,24,28). The molecule has 0 bridgehead atoms. The fourth-order valence-corrected chi connectivity index (χ4v) is 2.47. The lowest BCUT2D eigenvalue weighted by Crippen LogP contribution is -2.27. The topological polar surface area (TPSA) is 125 Å². The number of nitrogens with two attached hydrogens (primary N) is 2. The summed E-state index contributed by atoms with van der Waals surface area (Å²) in [5, 5.41) is 13.8. The number of nitrogens with one attached hydrogen (secondary N) is 3. The SMILES string of the molecule is CC(C)C(C=N)=CC(N)=NC1=CC=C2NC=C(C(C=NCCF)=CN)C=C2N1. The van der Waals surface area contributed by atoms with Crippen LogP contribution in [-0.2, 0) is 0 Å². The van der Waals surface area contributed by atoms with Crippen LogP contribution in [0.4, 0.5) is 4.39 Å². The van der Waals surface area contributed by atoms with Gasteiger partial charge in [0.15, 0.2) is 0 Å². The zero-order chi connectivity index (χ0) is 20.5. The van der Waals surface area contributed by atoms with Crippen molar-refractivity contribution in [1.29, 1.82) is 5.41 Å². The van der Waals surface area contributed by atoms with Crippen molar-refractivity contribution in [3.8, 4) is 0 Å². The Morgan fingerprint density at radius 1 is 1.32 bits per heavy atom. The third-order valence-electron chi connectivity index (χ3n) is 4.00. The van der Waals surface area contributed by atoms with Crippen molar-refractivity contribution < 1.29 is 4.39 Å². The van der Waals surface area contributed by atoms with Gasteiger partial charge >= 0.3 is 0 Å². The maximum atomic E-state index is 12.2. The van der Waals surface area contributed by atoms with Crippen molar-refractivity contribution in [2.24, 2.45) is 27.4 Å². The average Bonchev–Trinajstić information content (AvgIpc) is 2.68. The van der Waals surface area contributed by atoms with E-state index < -0.39 is 6.67 Å². The molecule has 0 aromatic rings. The lowest BCUT2D eigenvalue weighted by molar-refractivity contribution is 0.505. The third kappa shape index (κ3) is 5.54. The fraction of sp³-hybridized carbons (Fsp3) is 0.250. The molecule has 0 atom stereocenters. The molecule has 2 aliphatic heterocycles. The number of halogens is 1. The molecule has 0 spiro atoms. The van der Waals surface area contributed by atoms with Gasteiger partial charge in [0.25, 0.3) is 0 Å². The Kier molecular flexibility index (Phi) is 7.50. The second-order valence-corrected chi connectivity index (χ2v) is 6.39. The summed E-state index contributed by atoms with van der Waals surface area (Å²) in [5.41, 5.74) is 15.6. The molecule has 28 heavy (non-hydrogen) atoms. The average molecular weight is 383 g/mol. The predicted molar refractivity (Wildman–Crippen MR) is 114 cm³/mol. The summed E-state index contributed by atoms with van der Waals surface area (Å²) in [6.07, 6.45) is 13.3. The van der Waals surface area contributed by atoms with Gasteiger partial charge in [-0.1, -0.05) is 13.8 Å². The van der Waals surface area contributed by atoms with Crippen LogP contribution in [-0.4, -0.2) is 31.5 Å². The van der Waals surface area contributed by atoms with Crippen LogP contribution in [0, 0.1) is 11.3 Å². The number of fused-ring (bicyclic) bond motifs is 1. The zero-order valence-corrected chi connectivity index (χ0v) is 16.0. The van der Waals surface area contributed by atoms with Crippen LogP contribution < -0.4 is 22.1 Å². The Morgan fingerprint density at radius 2 is 2.11 bits per heavy atom. The van der Waals surface area contributed by atoms with E-state index in [9.17, 15) is 4.39 Å². The molecule has 2 aliphatic rings. The molecular weight excluding hydrogens is 357 g/mol. The molecule has 8 heteroatoms. The van der Waals surface area contributed by atoms with Crippen LogP contribution in [0.5, 0.6) is 0 Å². The van der Waals surface area contributed by atoms with E-state index in [0.29, 0.717) is 17.2 Å². The molecule has 2 rings (SSSR count). The van der Waals surface area contributed by atoms with Crippen LogP contribution in [0.3, 0.4) is 0 Å². The van der Waals surface area contributed by atoms with Gasteiger partial charge in [-0.05, 0) is 35.8 Å². The number of amidine groups is 1. The molecule has 0 amide bonds. The molecule has 0 saturated carbocycles. The number of aliphatic imine (C=N–C) groups is 2. The van der Waals surface area contributed by atoms with Crippen LogP contribution in [0.1, 0.15) is 13.8 Å². The highest BCUT2D eigenvalue weighted by Gasteiger charge is 2.16. The van der Waals surface area contributed by atoms with Crippen LogP contribution in [0.15, 0.2) is 80.6 Å². The Morgan fingerprint density at radius 3 is 2.75 bits per heavy atom. The van der Waals surface area contributed by atoms with E-state index in [1.54, 1.807) is 24.6 Å². The summed E-state index contributed by atoms with van der Waals surface area (Å²) in [5.74, 6) is 1.07. The minimum absolute atomic E-state index is 0.0977. The van der Waals surface area contributed by atoms with Crippen molar-refractivity contribution >= 4 is 18.3 Å². The van der Waals surface area contributed by atoms with E-state index in [2.05, 4.69) is 20.6 Å². The zero-order valence-electron chi connectivity index (χ0n) is 16.0. The summed E-state index contributed by atoms with van der Waals surface area (Å²) in [4.78, 5) is 8.36. The minimum Gasteiger partial charge on any atom is -0.404 e.